The summed E-state index contributed by atoms with van der Waals surface area (Å²) in [6.07, 6.45) is 0. The zero-order valence-electron chi connectivity index (χ0n) is 12.5. The van der Waals surface area contributed by atoms with Crippen molar-refractivity contribution in [2.24, 2.45) is 0 Å². The number of hydrogen-bond donors (Lipinski definition) is 0. The summed E-state index contributed by atoms with van der Waals surface area (Å²) in [5.41, 5.74) is 4.92. The number of rotatable bonds is 2. The van der Waals surface area contributed by atoms with Crippen LogP contribution in [-0.4, -0.2) is 4.20 Å². The van der Waals surface area contributed by atoms with Gasteiger partial charge in [0.15, 0.2) is 0 Å². The molecule has 0 aromatic heterocycles. The Morgan fingerprint density at radius 3 is 1.75 bits per heavy atom. The number of fused-ring (bicyclic) bond motifs is 1. The van der Waals surface area contributed by atoms with E-state index in [9.17, 15) is 0 Å². The summed E-state index contributed by atoms with van der Waals surface area (Å²) in [7, 11) is 0. The molecule has 0 amide bonds. The van der Waals surface area contributed by atoms with Crippen molar-refractivity contribution >= 4 is 60.0 Å². The summed E-state index contributed by atoms with van der Waals surface area (Å²) < 4.78 is 2.82. The third kappa shape index (κ3) is 2.60. The first-order valence-electron chi connectivity index (χ1n) is 7.46. The quantitative estimate of drug-likeness (QED) is 0.368. The van der Waals surface area contributed by atoms with Gasteiger partial charge in [-0.15, -0.1) is 0 Å². The minimum absolute atomic E-state index is 0.297. The predicted octanol–water partition coefficient (Wildman–Crippen LogP) is 6.93. The Labute approximate surface area is 167 Å². The topological polar surface area (TPSA) is 0 Å². The van der Waals surface area contributed by atoms with Crippen LogP contribution < -0.4 is 0 Å². The average molecular weight is 476 g/mol. The second kappa shape index (κ2) is 6.41. The Kier molecular flexibility index (Phi) is 4.42. The molecule has 3 aromatic rings. The van der Waals surface area contributed by atoms with Crippen LogP contribution in [-0.2, 0) is 4.75 Å². The SMILES string of the molecule is S=C1SC(c2ccc(Br)cc2)(c2ccc(Br)cc2)c2ccccc21. The van der Waals surface area contributed by atoms with E-state index in [-0.39, 0.29) is 4.75 Å². The fourth-order valence-corrected chi connectivity index (χ4v) is 5.63. The van der Waals surface area contributed by atoms with E-state index in [1.807, 2.05) is 0 Å². The highest BCUT2D eigenvalue weighted by atomic mass is 79.9. The van der Waals surface area contributed by atoms with Crippen LogP contribution in [0, 0.1) is 0 Å². The predicted molar refractivity (Wildman–Crippen MR) is 114 cm³/mol. The molecule has 0 aliphatic carbocycles. The van der Waals surface area contributed by atoms with Gasteiger partial charge in [0.1, 0.15) is 0 Å². The fraction of sp³-hybridized carbons (Fsp3) is 0.0500. The molecule has 0 unspecified atom stereocenters. The highest BCUT2D eigenvalue weighted by molar-refractivity contribution is 9.10. The maximum absolute atomic E-state index is 5.72. The zero-order valence-corrected chi connectivity index (χ0v) is 17.3. The van der Waals surface area contributed by atoms with Gasteiger partial charge in [-0.2, -0.15) is 0 Å². The Hall–Kier alpha value is -0.940. The van der Waals surface area contributed by atoms with E-state index in [2.05, 4.69) is 105 Å². The molecule has 1 aliphatic heterocycles. The van der Waals surface area contributed by atoms with Crippen LogP contribution in [0.15, 0.2) is 81.7 Å². The van der Waals surface area contributed by atoms with Gasteiger partial charge in [-0.05, 0) is 41.0 Å². The molecule has 118 valence electrons. The standard InChI is InChI=1S/C20H12Br2S2/c21-15-9-5-13(6-10-15)20(14-7-11-16(22)12-8-14)18-4-2-1-3-17(18)19(23)24-20/h1-12H. The Balaban J connectivity index is 2.03. The van der Waals surface area contributed by atoms with E-state index in [4.69, 9.17) is 12.2 Å². The molecule has 3 aromatic carbocycles. The summed E-state index contributed by atoms with van der Waals surface area (Å²) in [6, 6.07) is 25.6. The average Bonchev–Trinajstić information content (AvgIpc) is 2.91. The maximum Gasteiger partial charge on any atom is 0.0968 e. The van der Waals surface area contributed by atoms with Crippen molar-refractivity contribution in [3.05, 3.63) is 104 Å². The minimum Gasteiger partial charge on any atom is -0.0924 e. The largest absolute Gasteiger partial charge is 0.0968 e. The lowest BCUT2D eigenvalue weighted by atomic mass is 9.82. The normalized spacial score (nSPS) is 15.3. The van der Waals surface area contributed by atoms with Crippen molar-refractivity contribution in [1.29, 1.82) is 0 Å². The summed E-state index contributed by atoms with van der Waals surface area (Å²) >= 11 is 14.6. The van der Waals surface area contributed by atoms with Crippen molar-refractivity contribution in [2.45, 2.75) is 4.75 Å². The van der Waals surface area contributed by atoms with E-state index >= 15 is 0 Å². The molecule has 0 radical (unpaired) electrons. The lowest BCUT2D eigenvalue weighted by molar-refractivity contribution is 0.906. The van der Waals surface area contributed by atoms with Crippen LogP contribution in [0.1, 0.15) is 22.3 Å². The fourth-order valence-electron chi connectivity index (χ4n) is 3.18. The number of thiocarbonyl (C=S) groups is 1. The minimum atomic E-state index is -0.297. The summed E-state index contributed by atoms with van der Waals surface area (Å²) in [5, 5.41) is 0. The molecule has 4 heteroatoms. The van der Waals surface area contributed by atoms with E-state index in [0.29, 0.717) is 0 Å². The van der Waals surface area contributed by atoms with Crippen molar-refractivity contribution in [1.82, 2.24) is 0 Å². The molecule has 0 atom stereocenters. The van der Waals surface area contributed by atoms with Crippen LogP contribution in [0.4, 0.5) is 0 Å². The summed E-state index contributed by atoms with van der Waals surface area (Å²) in [6.45, 7) is 0. The lowest BCUT2D eigenvalue weighted by Crippen LogP contribution is -2.22. The highest BCUT2D eigenvalue weighted by Crippen LogP contribution is 2.56. The monoisotopic (exact) mass is 474 g/mol. The van der Waals surface area contributed by atoms with E-state index in [0.717, 1.165) is 13.1 Å². The smallest absolute Gasteiger partial charge is 0.0924 e. The third-order valence-electron chi connectivity index (χ3n) is 4.27. The molecule has 0 saturated heterocycles. The number of thioether (sulfide) groups is 1. The van der Waals surface area contributed by atoms with Gasteiger partial charge in [0, 0.05) is 14.5 Å². The second-order valence-corrected chi connectivity index (χ2v) is 9.35. The Bertz CT molecular complexity index is 870. The zero-order chi connectivity index (χ0) is 16.7. The van der Waals surface area contributed by atoms with Gasteiger partial charge in [0.05, 0.1) is 8.94 Å². The van der Waals surface area contributed by atoms with Crippen LogP contribution in [0.5, 0.6) is 0 Å². The Morgan fingerprint density at radius 2 is 1.21 bits per heavy atom. The first-order valence-corrected chi connectivity index (χ1v) is 10.3. The molecule has 0 fully saturated rings. The van der Waals surface area contributed by atoms with Crippen LogP contribution in [0.2, 0.25) is 0 Å². The third-order valence-corrected chi connectivity index (χ3v) is 7.20. The van der Waals surface area contributed by atoms with E-state index in [1.54, 1.807) is 11.8 Å². The maximum atomic E-state index is 5.72. The molecule has 0 bridgehead atoms. The molecule has 0 N–H and O–H groups in total. The number of hydrogen-bond acceptors (Lipinski definition) is 2. The lowest BCUT2D eigenvalue weighted by Gasteiger charge is -2.30. The molecule has 0 saturated carbocycles. The molecule has 4 rings (SSSR count). The van der Waals surface area contributed by atoms with Crippen molar-refractivity contribution in [3.8, 4) is 0 Å². The van der Waals surface area contributed by atoms with Gasteiger partial charge in [-0.25, -0.2) is 0 Å². The molecule has 0 nitrogen and oxygen atoms in total. The van der Waals surface area contributed by atoms with Gasteiger partial charge in [0.2, 0.25) is 0 Å². The van der Waals surface area contributed by atoms with Crippen molar-refractivity contribution < 1.29 is 0 Å². The van der Waals surface area contributed by atoms with Crippen molar-refractivity contribution in [2.75, 3.05) is 0 Å². The molecule has 0 spiro atoms. The van der Waals surface area contributed by atoms with Gasteiger partial charge in [-0.3, -0.25) is 0 Å². The second-order valence-electron chi connectivity index (χ2n) is 5.63. The molecular formula is C20H12Br2S2. The van der Waals surface area contributed by atoms with Crippen LogP contribution >= 0.6 is 55.8 Å². The van der Waals surface area contributed by atoms with E-state index in [1.165, 1.54) is 22.3 Å². The van der Waals surface area contributed by atoms with Crippen LogP contribution in [0.3, 0.4) is 0 Å². The molecule has 1 heterocycles. The van der Waals surface area contributed by atoms with Gasteiger partial charge in [0.25, 0.3) is 0 Å². The van der Waals surface area contributed by atoms with Gasteiger partial charge in [-0.1, -0.05) is 104 Å². The Morgan fingerprint density at radius 1 is 0.708 bits per heavy atom. The molecule has 24 heavy (non-hydrogen) atoms. The van der Waals surface area contributed by atoms with Crippen molar-refractivity contribution in [3.63, 3.8) is 0 Å². The molecular weight excluding hydrogens is 464 g/mol. The van der Waals surface area contributed by atoms with E-state index < -0.39 is 0 Å². The molecule has 1 aliphatic rings. The van der Waals surface area contributed by atoms with Gasteiger partial charge >= 0.3 is 0 Å². The first-order chi connectivity index (χ1) is 11.6. The summed E-state index contributed by atoms with van der Waals surface area (Å²) in [5.74, 6) is 0. The van der Waals surface area contributed by atoms with Gasteiger partial charge < -0.3 is 0 Å². The highest BCUT2D eigenvalue weighted by Gasteiger charge is 2.45. The van der Waals surface area contributed by atoms with Crippen LogP contribution in [0.25, 0.3) is 0 Å². The number of benzene rings is 3. The summed E-state index contributed by atoms with van der Waals surface area (Å²) in [4.78, 5) is 0. The first kappa shape index (κ1) is 16.5. The number of halogens is 2.